The van der Waals surface area contributed by atoms with Gasteiger partial charge in [-0.25, -0.2) is 8.42 Å². The molecule has 1 heterocycles. The number of benzene rings is 2. The summed E-state index contributed by atoms with van der Waals surface area (Å²) in [6, 6.07) is 17.0. The molecule has 5 nitrogen and oxygen atoms in total. The van der Waals surface area contributed by atoms with Crippen LogP contribution in [0.4, 0.5) is 11.4 Å². The first kappa shape index (κ1) is 17.1. The van der Waals surface area contributed by atoms with Crippen molar-refractivity contribution in [1.82, 2.24) is 0 Å². The molecule has 1 N–H and O–H groups in total. The van der Waals surface area contributed by atoms with Crippen molar-refractivity contribution in [3.63, 3.8) is 0 Å². The molecule has 1 saturated heterocycles. The lowest BCUT2D eigenvalue weighted by Crippen LogP contribution is -2.26. The third-order valence-corrected chi connectivity index (χ3v) is 6.91. The lowest BCUT2D eigenvalue weighted by Gasteiger charge is -2.19. The zero-order valence-electron chi connectivity index (χ0n) is 14.5. The Kier molecular flexibility index (Phi) is 4.44. The zero-order chi connectivity index (χ0) is 18.1. The molecule has 1 aliphatic heterocycles. The lowest BCUT2D eigenvalue weighted by atomic mass is 9.93. The normalized spacial score (nSPS) is 19.9. The molecule has 1 amide bonds. The van der Waals surface area contributed by atoms with Gasteiger partial charge in [0.15, 0.2) is 0 Å². The van der Waals surface area contributed by atoms with Crippen molar-refractivity contribution in [2.24, 2.45) is 5.92 Å². The van der Waals surface area contributed by atoms with Crippen LogP contribution in [0.5, 0.6) is 0 Å². The van der Waals surface area contributed by atoms with E-state index in [2.05, 4.69) is 5.32 Å². The van der Waals surface area contributed by atoms with Gasteiger partial charge in [0.2, 0.25) is 15.9 Å². The van der Waals surface area contributed by atoms with E-state index in [0.717, 1.165) is 18.4 Å². The van der Waals surface area contributed by atoms with Gasteiger partial charge >= 0.3 is 0 Å². The quantitative estimate of drug-likeness (QED) is 0.878. The molecule has 1 unspecified atom stereocenters. The van der Waals surface area contributed by atoms with Crippen molar-refractivity contribution < 1.29 is 13.2 Å². The van der Waals surface area contributed by atoms with Gasteiger partial charge in [0.05, 0.1) is 17.4 Å². The van der Waals surface area contributed by atoms with Gasteiger partial charge in [0.1, 0.15) is 0 Å². The highest BCUT2D eigenvalue weighted by Gasteiger charge is 2.37. The highest BCUT2D eigenvalue weighted by Crippen LogP contribution is 2.43. The van der Waals surface area contributed by atoms with Gasteiger partial charge in [-0.1, -0.05) is 36.4 Å². The third-order valence-electron chi connectivity index (χ3n) is 5.04. The molecule has 2 aromatic rings. The third kappa shape index (κ3) is 3.46. The number of carbonyl (C=O) groups excluding carboxylic acids is 1. The van der Waals surface area contributed by atoms with Crippen molar-refractivity contribution >= 4 is 27.3 Å². The van der Waals surface area contributed by atoms with Crippen molar-refractivity contribution in [3.8, 4) is 0 Å². The lowest BCUT2D eigenvalue weighted by molar-refractivity contribution is -0.118. The fraction of sp³-hybridized carbons (Fsp3) is 0.350. The first-order chi connectivity index (χ1) is 12.5. The van der Waals surface area contributed by atoms with Crippen molar-refractivity contribution in [3.05, 3.63) is 60.2 Å². The first-order valence-electron chi connectivity index (χ1n) is 9.01. The second-order valence-corrected chi connectivity index (χ2v) is 9.02. The number of hydrogen-bond donors (Lipinski definition) is 1. The van der Waals surface area contributed by atoms with Crippen LogP contribution in [-0.2, 0) is 14.8 Å². The van der Waals surface area contributed by atoms with Crippen LogP contribution in [0.15, 0.2) is 54.6 Å². The molecule has 1 atom stereocenters. The fourth-order valence-electron chi connectivity index (χ4n) is 3.62. The molecule has 0 bridgehead atoms. The maximum Gasteiger partial charge on any atom is 0.235 e. The number of nitrogens with zero attached hydrogens (tertiary/aromatic N) is 1. The van der Waals surface area contributed by atoms with Crippen LogP contribution in [0.3, 0.4) is 0 Å². The summed E-state index contributed by atoms with van der Waals surface area (Å²) in [5.41, 5.74) is 2.28. The van der Waals surface area contributed by atoms with E-state index < -0.39 is 10.0 Å². The molecule has 136 valence electrons. The summed E-state index contributed by atoms with van der Waals surface area (Å²) in [7, 11) is -3.23. The summed E-state index contributed by atoms with van der Waals surface area (Å²) in [6.45, 7) is 0.494. The van der Waals surface area contributed by atoms with E-state index in [4.69, 9.17) is 0 Å². The van der Waals surface area contributed by atoms with E-state index >= 15 is 0 Å². The number of sulfonamides is 1. The van der Waals surface area contributed by atoms with Crippen LogP contribution >= 0.6 is 0 Å². The molecule has 2 aromatic carbocycles. The molecule has 1 aliphatic carbocycles. The van der Waals surface area contributed by atoms with E-state index in [1.54, 1.807) is 24.3 Å². The van der Waals surface area contributed by atoms with Gasteiger partial charge in [-0.15, -0.1) is 0 Å². The molecule has 4 rings (SSSR count). The Labute approximate surface area is 154 Å². The average molecular weight is 370 g/mol. The van der Waals surface area contributed by atoms with Gasteiger partial charge < -0.3 is 5.32 Å². The Balaban J connectivity index is 1.55. The number of anilines is 2. The van der Waals surface area contributed by atoms with E-state index in [1.165, 1.54) is 4.31 Å². The van der Waals surface area contributed by atoms with E-state index in [-0.39, 0.29) is 17.6 Å². The topological polar surface area (TPSA) is 66.5 Å². The molecular weight excluding hydrogens is 348 g/mol. The van der Waals surface area contributed by atoms with Gasteiger partial charge in [0, 0.05) is 12.2 Å². The fourth-order valence-corrected chi connectivity index (χ4v) is 5.17. The molecule has 26 heavy (non-hydrogen) atoms. The predicted octanol–water partition coefficient (Wildman–Crippen LogP) is 3.36. The second kappa shape index (κ2) is 6.76. The number of nitrogens with one attached hydrogen (secondary N) is 1. The molecule has 6 heteroatoms. The van der Waals surface area contributed by atoms with E-state index in [0.29, 0.717) is 30.3 Å². The Bertz CT molecular complexity index is 908. The molecule has 1 saturated carbocycles. The number of carbonyl (C=O) groups is 1. The number of hydrogen-bond acceptors (Lipinski definition) is 3. The largest absolute Gasteiger partial charge is 0.325 e. The van der Waals surface area contributed by atoms with Gasteiger partial charge in [-0.2, -0.15) is 0 Å². The molecule has 0 aromatic heterocycles. The van der Waals surface area contributed by atoms with E-state index in [9.17, 15) is 13.2 Å². The summed E-state index contributed by atoms with van der Waals surface area (Å²) in [5.74, 6) is 0.386. The summed E-state index contributed by atoms with van der Waals surface area (Å²) < 4.78 is 25.7. The smallest absolute Gasteiger partial charge is 0.235 e. The van der Waals surface area contributed by atoms with Crippen molar-refractivity contribution in [2.45, 2.75) is 25.2 Å². The average Bonchev–Trinajstić information content (AvgIpc) is 3.38. The zero-order valence-corrected chi connectivity index (χ0v) is 15.3. The monoisotopic (exact) mass is 370 g/mol. The van der Waals surface area contributed by atoms with Crippen LogP contribution in [0.25, 0.3) is 0 Å². The summed E-state index contributed by atoms with van der Waals surface area (Å²) in [6.07, 6.45) is 2.77. The minimum atomic E-state index is -3.23. The van der Waals surface area contributed by atoms with Crippen molar-refractivity contribution in [2.75, 3.05) is 21.9 Å². The minimum absolute atomic E-state index is 0.0277. The number of amides is 1. The van der Waals surface area contributed by atoms with Crippen LogP contribution in [0.2, 0.25) is 0 Å². The van der Waals surface area contributed by atoms with Crippen molar-refractivity contribution in [1.29, 1.82) is 0 Å². The predicted molar refractivity (Wildman–Crippen MR) is 103 cm³/mol. The number of rotatable bonds is 5. The van der Waals surface area contributed by atoms with Gasteiger partial charge in [-0.05, 0) is 48.9 Å². The second-order valence-electron chi connectivity index (χ2n) is 7.01. The van der Waals surface area contributed by atoms with E-state index in [1.807, 2.05) is 30.3 Å². The standard InChI is InChI=1S/C20H22N2O3S/c23-20(19(16-10-11-16)15-6-2-1-3-7-15)21-17-8-4-9-18(14-17)22-12-5-13-26(22,24)25/h1-4,6-9,14,16,19H,5,10-13H2,(H,21,23). The summed E-state index contributed by atoms with van der Waals surface area (Å²) in [5, 5.41) is 2.99. The maximum atomic E-state index is 12.9. The van der Waals surface area contributed by atoms with Gasteiger partial charge in [0.25, 0.3) is 0 Å². The Morgan fingerprint density at radius 2 is 1.85 bits per heavy atom. The molecule has 2 fully saturated rings. The highest BCUT2D eigenvalue weighted by molar-refractivity contribution is 7.93. The molecular formula is C20H22N2O3S. The Hall–Kier alpha value is -2.34. The minimum Gasteiger partial charge on any atom is -0.325 e. The molecule has 0 radical (unpaired) electrons. The molecule has 0 spiro atoms. The Morgan fingerprint density at radius 3 is 2.50 bits per heavy atom. The first-order valence-corrected chi connectivity index (χ1v) is 10.6. The maximum absolute atomic E-state index is 12.9. The highest BCUT2D eigenvalue weighted by atomic mass is 32.2. The van der Waals surface area contributed by atoms with Crippen LogP contribution in [0.1, 0.15) is 30.7 Å². The summed E-state index contributed by atoms with van der Waals surface area (Å²) in [4.78, 5) is 12.9. The van der Waals surface area contributed by atoms with Crippen LogP contribution in [-0.4, -0.2) is 26.6 Å². The SMILES string of the molecule is O=C(Nc1cccc(N2CCCS2(=O)=O)c1)C(c1ccccc1)C1CC1. The van der Waals surface area contributed by atoms with Crippen LogP contribution < -0.4 is 9.62 Å². The Morgan fingerprint density at radius 1 is 1.08 bits per heavy atom. The van der Waals surface area contributed by atoms with Gasteiger partial charge in [-0.3, -0.25) is 9.10 Å². The van der Waals surface area contributed by atoms with Crippen LogP contribution in [0, 0.1) is 5.92 Å². The molecule has 2 aliphatic rings. The summed E-state index contributed by atoms with van der Waals surface area (Å²) >= 11 is 0.